The summed E-state index contributed by atoms with van der Waals surface area (Å²) in [5.74, 6) is -2.24. The van der Waals surface area contributed by atoms with Crippen molar-refractivity contribution in [3.8, 4) is 0 Å². The summed E-state index contributed by atoms with van der Waals surface area (Å²) in [6.45, 7) is 3.86. The Hall–Kier alpha value is -2.22. The highest BCUT2D eigenvalue weighted by Gasteiger charge is 2.31. The number of ether oxygens (including phenoxy) is 1. The average molecular weight is 381 g/mol. The van der Waals surface area contributed by atoms with Crippen LogP contribution in [0.1, 0.15) is 26.2 Å². The van der Waals surface area contributed by atoms with Crippen LogP contribution >= 0.6 is 0 Å². The van der Waals surface area contributed by atoms with Crippen molar-refractivity contribution < 1.29 is 23.1 Å². The molecule has 0 saturated carbocycles. The Morgan fingerprint density at radius 2 is 2.00 bits per heavy atom. The number of halogens is 2. The van der Waals surface area contributed by atoms with Crippen LogP contribution in [0.4, 0.5) is 14.5 Å². The molecule has 6 nitrogen and oxygen atoms in total. The highest BCUT2D eigenvalue weighted by Crippen LogP contribution is 2.22. The lowest BCUT2D eigenvalue weighted by Crippen LogP contribution is -2.55. The Labute approximate surface area is 157 Å². The molecular formula is C19H25F2N3O3. The molecule has 2 fully saturated rings. The van der Waals surface area contributed by atoms with E-state index in [1.54, 1.807) is 4.90 Å². The molecule has 2 aliphatic heterocycles. The van der Waals surface area contributed by atoms with E-state index in [9.17, 15) is 18.4 Å². The van der Waals surface area contributed by atoms with Gasteiger partial charge in [0.2, 0.25) is 0 Å². The van der Waals surface area contributed by atoms with E-state index in [4.69, 9.17) is 4.74 Å². The summed E-state index contributed by atoms with van der Waals surface area (Å²) in [5.41, 5.74) is 0.177. The molecule has 2 amide bonds. The Morgan fingerprint density at radius 1 is 1.26 bits per heavy atom. The summed E-state index contributed by atoms with van der Waals surface area (Å²) >= 11 is 0. The average Bonchev–Trinajstić information content (AvgIpc) is 3.22. The fourth-order valence-corrected chi connectivity index (χ4v) is 3.63. The summed E-state index contributed by atoms with van der Waals surface area (Å²) < 4.78 is 32.9. The molecule has 0 aliphatic carbocycles. The lowest BCUT2D eigenvalue weighted by molar-refractivity contribution is -0.146. The summed E-state index contributed by atoms with van der Waals surface area (Å²) in [4.78, 5) is 27.9. The van der Waals surface area contributed by atoms with Crippen molar-refractivity contribution in [2.45, 2.75) is 38.3 Å². The second kappa shape index (κ2) is 8.65. The maximum Gasteiger partial charge on any atom is 0.312 e. The van der Waals surface area contributed by atoms with E-state index in [0.29, 0.717) is 26.1 Å². The molecule has 148 valence electrons. The van der Waals surface area contributed by atoms with Gasteiger partial charge in [-0.15, -0.1) is 0 Å². The second-order valence-corrected chi connectivity index (χ2v) is 6.91. The largest absolute Gasteiger partial charge is 0.376 e. The van der Waals surface area contributed by atoms with Gasteiger partial charge in [-0.05, 0) is 31.4 Å². The monoisotopic (exact) mass is 381 g/mol. The molecule has 1 N–H and O–H groups in total. The first-order valence-electron chi connectivity index (χ1n) is 9.41. The first-order chi connectivity index (χ1) is 13.0. The highest BCUT2D eigenvalue weighted by molar-refractivity contribution is 6.35. The van der Waals surface area contributed by atoms with Gasteiger partial charge in [0.1, 0.15) is 11.6 Å². The first kappa shape index (κ1) is 19.5. The van der Waals surface area contributed by atoms with Gasteiger partial charge in [0.15, 0.2) is 0 Å². The minimum atomic E-state index is -0.636. The molecule has 2 aliphatic rings. The number of piperazine rings is 1. The van der Waals surface area contributed by atoms with Crippen molar-refractivity contribution in [2.75, 3.05) is 37.7 Å². The molecule has 2 unspecified atom stereocenters. The molecule has 0 aromatic heterocycles. The maximum atomic E-state index is 13.9. The summed E-state index contributed by atoms with van der Waals surface area (Å²) in [6.07, 6.45) is 2.49. The topological polar surface area (TPSA) is 61.9 Å². The van der Waals surface area contributed by atoms with E-state index in [1.807, 2.05) is 6.92 Å². The lowest BCUT2D eigenvalue weighted by atomic mass is 10.1. The van der Waals surface area contributed by atoms with Crippen molar-refractivity contribution in [3.63, 3.8) is 0 Å². The number of amides is 2. The Kier molecular flexibility index (Phi) is 6.26. The van der Waals surface area contributed by atoms with Crippen molar-refractivity contribution in [1.82, 2.24) is 10.2 Å². The summed E-state index contributed by atoms with van der Waals surface area (Å²) in [5, 5.41) is 2.79. The minimum Gasteiger partial charge on any atom is -0.376 e. The van der Waals surface area contributed by atoms with Crippen LogP contribution in [0.15, 0.2) is 18.2 Å². The van der Waals surface area contributed by atoms with Gasteiger partial charge in [-0.25, -0.2) is 8.78 Å². The van der Waals surface area contributed by atoms with Crippen molar-refractivity contribution >= 4 is 17.5 Å². The predicted octanol–water partition coefficient (Wildman–Crippen LogP) is 1.69. The summed E-state index contributed by atoms with van der Waals surface area (Å²) in [6, 6.07) is 3.13. The molecule has 0 spiro atoms. The van der Waals surface area contributed by atoms with E-state index in [1.165, 1.54) is 4.90 Å². The van der Waals surface area contributed by atoms with Crippen molar-refractivity contribution in [1.29, 1.82) is 0 Å². The van der Waals surface area contributed by atoms with Crippen LogP contribution in [0, 0.1) is 11.6 Å². The van der Waals surface area contributed by atoms with Gasteiger partial charge in [-0.2, -0.15) is 0 Å². The molecular weight excluding hydrogens is 356 g/mol. The van der Waals surface area contributed by atoms with Gasteiger partial charge in [-0.1, -0.05) is 6.92 Å². The zero-order valence-electron chi connectivity index (χ0n) is 15.4. The number of nitrogens with one attached hydrogen (secondary N) is 1. The number of hydrogen-bond donors (Lipinski definition) is 1. The Morgan fingerprint density at radius 3 is 2.63 bits per heavy atom. The molecule has 2 heterocycles. The van der Waals surface area contributed by atoms with Gasteiger partial charge in [0.05, 0.1) is 17.8 Å². The van der Waals surface area contributed by atoms with E-state index in [0.717, 1.165) is 31.0 Å². The third-order valence-corrected chi connectivity index (χ3v) is 5.18. The fraction of sp³-hybridized carbons (Fsp3) is 0.579. The predicted molar refractivity (Wildman–Crippen MR) is 96.3 cm³/mol. The SMILES string of the molecule is CCC(NC(=O)C(=O)N1CCN(c2cc(F)ccc2F)CC1)C1CCCO1. The van der Waals surface area contributed by atoms with Crippen molar-refractivity contribution in [3.05, 3.63) is 29.8 Å². The smallest absolute Gasteiger partial charge is 0.312 e. The molecule has 0 radical (unpaired) electrons. The molecule has 2 atom stereocenters. The number of carbonyl (C=O) groups is 2. The lowest BCUT2D eigenvalue weighted by Gasteiger charge is -2.36. The van der Waals surface area contributed by atoms with Crippen LogP contribution in [0.5, 0.6) is 0 Å². The first-order valence-corrected chi connectivity index (χ1v) is 9.41. The number of carbonyl (C=O) groups excluding carboxylic acids is 2. The zero-order valence-corrected chi connectivity index (χ0v) is 15.4. The fourth-order valence-electron chi connectivity index (χ4n) is 3.63. The Balaban J connectivity index is 1.54. The molecule has 1 aromatic carbocycles. The standard InChI is InChI=1S/C19H25F2N3O3/c1-2-15(17-4-3-11-27-17)22-18(25)19(26)24-9-7-23(8-10-24)16-12-13(20)5-6-14(16)21/h5-6,12,15,17H,2-4,7-11H2,1H3,(H,22,25). The Bertz CT molecular complexity index is 687. The number of nitrogens with zero attached hydrogens (tertiary/aromatic N) is 2. The zero-order chi connectivity index (χ0) is 19.4. The quantitative estimate of drug-likeness (QED) is 0.807. The van der Waals surface area contributed by atoms with Gasteiger partial charge in [0, 0.05) is 38.9 Å². The van der Waals surface area contributed by atoms with Crippen LogP contribution in [0.3, 0.4) is 0 Å². The molecule has 3 rings (SSSR count). The van der Waals surface area contributed by atoms with Gasteiger partial charge < -0.3 is 19.9 Å². The van der Waals surface area contributed by atoms with Crippen molar-refractivity contribution in [2.24, 2.45) is 0 Å². The summed E-state index contributed by atoms with van der Waals surface area (Å²) in [7, 11) is 0. The van der Waals surface area contributed by atoms with Crippen LogP contribution in [0.2, 0.25) is 0 Å². The van der Waals surface area contributed by atoms with E-state index in [-0.39, 0.29) is 30.9 Å². The maximum absolute atomic E-state index is 13.9. The van der Waals surface area contributed by atoms with Gasteiger partial charge in [-0.3, -0.25) is 9.59 Å². The molecule has 27 heavy (non-hydrogen) atoms. The van der Waals surface area contributed by atoms with E-state index < -0.39 is 23.4 Å². The number of hydrogen-bond acceptors (Lipinski definition) is 4. The van der Waals surface area contributed by atoms with Gasteiger partial charge >= 0.3 is 11.8 Å². The number of benzene rings is 1. The van der Waals surface area contributed by atoms with Crippen LogP contribution < -0.4 is 10.2 Å². The van der Waals surface area contributed by atoms with Gasteiger partial charge in [0.25, 0.3) is 0 Å². The molecule has 8 heteroatoms. The van der Waals surface area contributed by atoms with E-state index >= 15 is 0 Å². The highest BCUT2D eigenvalue weighted by atomic mass is 19.1. The molecule has 1 aromatic rings. The third kappa shape index (κ3) is 4.55. The third-order valence-electron chi connectivity index (χ3n) is 5.18. The van der Waals surface area contributed by atoms with E-state index in [2.05, 4.69) is 5.32 Å². The minimum absolute atomic E-state index is 0.0421. The molecule has 2 saturated heterocycles. The van der Waals surface area contributed by atoms with Crippen LogP contribution in [-0.4, -0.2) is 61.6 Å². The van der Waals surface area contributed by atoms with Crippen LogP contribution in [-0.2, 0) is 14.3 Å². The number of anilines is 1. The van der Waals surface area contributed by atoms with Crippen LogP contribution in [0.25, 0.3) is 0 Å². The number of rotatable bonds is 4. The second-order valence-electron chi connectivity index (χ2n) is 6.91. The normalized spacial score (nSPS) is 21.2. The molecule has 0 bridgehead atoms.